The molecule has 2 aliphatic rings. The number of nitrogens with zero attached hydrogens (tertiary/aromatic N) is 2. The molecule has 2 N–H and O–H groups in total. The molecular weight excluding hydrogens is 460 g/mol. The van der Waals surface area contributed by atoms with Crippen molar-refractivity contribution in [1.82, 2.24) is 15.5 Å². The molecule has 1 saturated heterocycles. The molecule has 0 spiro atoms. The SMILES string of the molecule is CCOC(=O)C1=C(CN2CCN(c3ccc(C(C)=O)cc3)CC2)NC(=O)N[C@@H]1c1cccc(OC)c1. The van der Waals surface area contributed by atoms with Crippen molar-refractivity contribution < 1.29 is 23.9 Å². The van der Waals surface area contributed by atoms with E-state index in [1.165, 1.54) is 0 Å². The van der Waals surface area contributed by atoms with Crippen LogP contribution in [-0.4, -0.2) is 69.1 Å². The highest BCUT2D eigenvalue weighted by Gasteiger charge is 2.35. The summed E-state index contributed by atoms with van der Waals surface area (Å²) in [5, 5.41) is 5.72. The largest absolute Gasteiger partial charge is 0.497 e. The van der Waals surface area contributed by atoms with Crippen LogP contribution in [0.5, 0.6) is 5.75 Å². The minimum Gasteiger partial charge on any atom is -0.497 e. The van der Waals surface area contributed by atoms with Crippen LogP contribution in [0.1, 0.15) is 35.8 Å². The van der Waals surface area contributed by atoms with Gasteiger partial charge in [-0.15, -0.1) is 0 Å². The first-order valence-corrected chi connectivity index (χ1v) is 12.1. The van der Waals surface area contributed by atoms with Crippen LogP contribution in [0.3, 0.4) is 0 Å². The van der Waals surface area contributed by atoms with E-state index in [0.29, 0.717) is 29.1 Å². The summed E-state index contributed by atoms with van der Waals surface area (Å²) >= 11 is 0. The predicted octanol–water partition coefficient (Wildman–Crippen LogP) is 2.89. The number of anilines is 1. The number of ether oxygens (including phenoxy) is 2. The van der Waals surface area contributed by atoms with Gasteiger partial charge in [0.15, 0.2) is 5.78 Å². The van der Waals surface area contributed by atoms with Crippen LogP contribution in [0.25, 0.3) is 0 Å². The van der Waals surface area contributed by atoms with E-state index >= 15 is 0 Å². The molecule has 0 bridgehead atoms. The molecular formula is C27H32N4O5. The number of urea groups is 1. The highest BCUT2D eigenvalue weighted by molar-refractivity contribution is 5.95. The Morgan fingerprint density at radius 2 is 1.78 bits per heavy atom. The van der Waals surface area contributed by atoms with Crippen molar-refractivity contribution in [1.29, 1.82) is 0 Å². The molecule has 0 unspecified atom stereocenters. The highest BCUT2D eigenvalue weighted by atomic mass is 16.5. The molecule has 2 amide bonds. The summed E-state index contributed by atoms with van der Waals surface area (Å²) in [5.74, 6) is 0.225. The van der Waals surface area contributed by atoms with Gasteiger partial charge < -0.3 is 25.0 Å². The average Bonchev–Trinajstić information content (AvgIpc) is 2.89. The number of amides is 2. The van der Waals surface area contributed by atoms with E-state index in [0.717, 1.165) is 37.4 Å². The molecule has 1 fully saturated rings. The summed E-state index contributed by atoms with van der Waals surface area (Å²) in [5.41, 5.74) is 3.45. The average molecular weight is 493 g/mol. The maximum atomic E-state index is 13.1. The molecule has 2 aromatic rings. The Morgan fingerprint density at radius 1 is 1.06 bits per heavy atom. The number of Topliss-reactive ketones (excluding diaryl/α,β-unsaturated/α-hetero) is 1. The number of rotatable bonds is 8. The van der Waals surface area contributed by atoms with Crippen LogP contribution in [-0.2, 0) is 9.53 Å². The first-order chi connectivity index (χ1) is 17.4. The van der Waals surface area contributed by atoms with Crippen molar-refractivity contribution in [2.45, 2.75) is 19.9 Å². The molecule has 2 heterocycles. The number of carbonyl (C=O) groups is 3. The van der Waals surface area contributed by atoms with Crippen LogP contribution in [0, 0.1) is 0 Å². The van der Waals surface area contributed by atoms with Gasteiger partial charge in [-0.2, -0.15) is 0 Å². The van der Waals surface area contributed by atoms with Crippen molar-refractivity contribution in [3.8, 4) is 5.75 Å². The summed E-state index contributed by atoms with van der Waals surface area (Å²) in [6.07, 6.45) is 0. The number of hydrogen-bond acceptors (Lipinski definition) is 7. The van der Waals surface area contributed by atoms with Gasteiger partial charge in [-0.3, -0.25) is 9.69 Å². The molecule has 36 heavy (non-hydrogen) atoms. The van der Waals surface area contributed by atoms with Gasteiger partial charge in [-0.05, 0) is 55.8 Å². The van der Waals surface area contributed by atoms with Crippen LogP contribution in [0.2, 0.25) is 0 Å². The number of nitrogens with one attached hydrogen (secondary N) is 2. The fourth-order valence-electron chi connectivity index (χ4n) is 4.56. The minimum atomic E-state index is -0.649. The molecule has 4 rings (SSSR count). The topological polar surface area (TPSA) is 100 Å². The van der Waals surface area contributed by atoms with Crippen molar-refractivity contribution in [2.75, 3.05) is 51.3 Å². The monoisotopic (exact) mass is 492 g/mol. The second kappa shape index (κ2) is 11.3. The van der Waals surface area contributed by atoms with E-state index in [-0.39, 0.29) is 18.4 Å². The molecule has 2 aromatic carbocycles. The van der Waals surface area contributed by atoms with E-state index in [1.807, 2.05) is 48.5 Å². The molecule has 9 heteroatoms. The minimum absolute atomic E-state index is 0.0494. The first kappa shape index (κ1) is 25.2. The third kappa shape index (κ3) is 5.68. The van der Waals surface area contributed by atoms with Crippen LogP contribution >= 0.6 is 0 Å². The number of carbonyl (C=O) groups excluding carboxylic acids is 3. The lowest BCUT2D eigenvalue weighted by molar-refractivity contribution is -0.139. The predicted molar refractivity (Wildman–Crippen MR) is 136 cm³/mol. The molecule has 190 valence electrons. The zero-order chi connectivity index (χ0) is 25.7. The molecule has 9 nitrogen and oxygen atoms in total. The number of hydrogen-bond donors (Lipinski definition) is 2. The summed E-state index contributed by atoms with van der Waals surface area (Å²) in [6.45, 7) is 7.04. The van der Waals surface area contributed by atoms with Gasteiger partial charge in [0.25, 0.3) is 0 Å². The third-order valence-electron chi connectivity index (χ3n) is 6.47. The van der Waals surface area contributed by atoms with E-state index in [9.17, 15) is 14.4 Å². The number of benzene rings is 2. The van der Waals surface area contributed by atoms with Crippen LogP contribution < -0.4 is 20.3 Å². The highest BCUT2D eigenvalue weighted by Crippen LogP contribution is 2.30. The van der Waals surface area contributed by atoms with Crippen molar-refractivity contribution in [3.05, 3.63) is 70.9 Å². The molecule has 0 radical (unpaired) electrons. The van der Waals surface area contributed by atoms with Gasteiger partial charge in [0.2, 0.25) is 0 Å². The van der Waals surface area contributed by atoms with E-state index in [4.69, 9.17) is 9.47 Å². The zero-order valence-corrected chi connectivity index (χ0v) is 20.9. The maximum absolute atomic E-state index is 13.1. The molecule has 2 aliphatic heterocycles. The van der Waals surface area contributed by atoms with E-state index in [2.05, 4.69) is 20.4 Å². The Hall–Kier alpha value is -3.85. The summed E-state index contributed by atoms with van der Waals surface area (Å²) in [7, 11) is 1.57. The smallest absolute Gasteiger partial charge is 0.338 e. The summed E-state index contributed by atoms with van der Waals surface area (Å²) in [4.78, 5) is 41.7. The lowest BCUT2D eigenvalue weighted by Gasteiger charge is -2.38. The number of esters is 1. The van der Waals surface area contributed by atoms with Gasteiger partial charge in [0.05, 0.1) is 25.3 Å². The molecule has 0 aliphatic carbocycles. The Morgan fingerprint density at radius 3 is 2.42 bits per heavy atom. The number of methoxy groups -OCH3 is 1. The Labute approximate surface area is 211 Å². The zero-order valence-electron chi connectivity index (χ0n) is 20.9. The van der Waals surface area contributed by atoms with E-state index in [1.54, 1.807) is 21.0 Å². The maximum Gasteiger partial charge on any atom is 0.338 e. The van der Waals surface area contributed by atoms with Gasteiger partial charge in [-0.25, -0.2) is 9.59 Å². The standard InChI is InChI=1S/C27H32N4O5/c1-4-36-26(33)24-23(28-27(34)29-25(24)20-6-5-7-22(16-20)35-3)17-30-12-14-31(15-13-30)21-10-8-19(9-11-21)18(2)32/h5-11,16,25H,4,12-15,17H2,1-3H3,(H2,28,29,34)/t25-/m1/s1. The molecule has 0 aromatic heterocycles. The fraction of sp³-hybridized carbons (Fsp3) is 0.370. The lowest BCUT2D eigenvalue weighted by atomic mass is 9.94. The molecule has 1 atom stereocenters. The third-order valence-corrected chi connectivity index (χ3v) is 6.47. The van der Waals surface area contributed by atoms with Gasteiger partial charge >= 0.3 is 12.0 Å². The van der Waals surface area contributed by atoms with Gasteiger partial charge in [0, 0.05) is 49.7 Å². The van der Waals surface area contributed by atoms with Gasteiger partial charge in [0.1, 0.15) is 5.75 Å². The second-order valence-electron chi connectivity index (χ2n) is 8.79. The summed E-state index contributed by atoms with van der Waals surface area (Å²) in [6, 6.07) is 13.9. The van der Waals surface area contributed by atoms with Crippen molar-refractivity contribution in [3.63, 3.8) is 0 Å². The Bertz CT molecular complexity index is 1150. The van der Waals surface area contributed by atoms with Crippen molar-refractivity contribution in [2.24, 2.45) is 0 Å². The first-order valence-electron chi connectivity index (χ1n) is 12.1. The number of piperazine rings is 1. The second-order valence-corrected chi connectivity index (χ2v) is 8.79. The number of ketones is 1. The van der Waals surface area contributed by atoms with Crippen LogP contribution in [0.15, 0.2) is 59.8 Å². The summed E-state index contributed by atoms with van der Waals surface area (Å²) < 4.78 is 10.7. The lowest BCUT2D eigenvalue weighted by Crippen LogP contribution is -2.51. The Balaban J connectivity index is 1.53. The fourth-order valence-corrected chi connectivity index (χ4v) is 4.56. The quantitative estimate of drug-likeness (QED) is 0.432. The van der Waals surface area contributed by atoms with Gasteiger partial charge in [-0.1, -0.05) is 12.1 Å². The van der Waals surface area contributed by atoms with Crippen molar-refractivity contribution >= 4 is 23.5 Å². The van der Waals surface area contributed by atoms with E-state index < -0.39 is 12.0 Å². The van der Waals surface area contributed by atoms with Crippen LogP contribution in [0.4, 0.5) is 10.5 Å². The Kier molecular flexibility index (Phi) is 7.90. The normalized spacial score (nSPS) is 18.4. The molecule has 0 saturated carbocycles.